The van der Waals surface area contributed by atoms with Gasteiger partial charge in [-0.1, -0.05) is 12.1 Å². The van der Waals surface area contributed by atoms with E-state index in [0.717, 1.165) is 31.1 Å². The first-order valence-corrected chi connectivity index (χ1v) is 5.84. The van der Waals surface area contributed by atoms with E-state index in [9.17, 15) is 4.39 Å². The van der Waals surface area contributed by atoms with Crippen LogP contribution in [0.4, 0.5) is 4.39 Å². The predicted octanol–water partition coefficient (Wildman–Crippen LogP) is 2.89. The van der Waals surface area contributed by atoms with Gasteiger partial charge in [0.2, 0.25) is 0 Å². The number of benzene rings is 1. The molecule has 0 bridgehead atoms. The lowest BCUT2D eigenvalue weighted by molar-refractivity contribution is 0.320. The Morgan fingerprint density at radius 2 is 2.33 bits per heavy atom. The first-order valence-electron chi connectivity index (χ1n) is 5.30. The molecule has 0 amide bonds. The molecule has 1 aromatic carbocycles. The van der Waals surface area contributed by atoms with Crippen molar-refractivity contribution in [1.82, 2.24) is 4.90 Å². The molecule has 15 heavy (non-hydrogen) atoms. The average molecular weight is 228 g/mol. The highest BCUT2D eigenvalue weighted by atomic mass is 35.5. The Kier molecular flexibility index (Phi) is 3.60. The Morgan fingerprint density at radius 1 is 1.47 bits per heavy atom. The Labute approximate surface area is 94.8 Å². The van der Waals surface area contributed by atoms with Gasteiger partial charge in [-0.2, -0.15) is 0 Å². The van der Waals surface area contributed by atoms with Gasteiger partial charge in [-0.15, -0.1) is 11.6 Å². The van der Waals surface area contributed by atoms with Crippen LogP contribution in [0.1, 0.15) is 12.0 Å². The number of hydrogen-bond acceptors (Lipinski definition) is 1. The van der Waals surface area contributed by atoms with Crippen LogP contribution in [-0.4, -0.2) is 23.9 Å². The van der Waals surface area contributed by atoms with E-state index in [1.165, 1.54) is 12.5 Å². The molecule has 1 unspecified atom stereocenters. The van der Waals surface area contributed by atoms with Crippen molar-refractivity contribution in [3.63, 3.8) is 0 Å². The number of halogens is 2. The number of hydrogen-bond donors (Lipinski definition) is 0. The lowest BCUT2D eigenvalue weighted by Gasteiger charge is -2.15. The van der Waals surface area contributed by atoms with Gasteiger partial charge in [-0.05, 0) is 36.6 Å². The van der Waals surface area contributed by atoms with Gasteiger partial charge in [-0.3, -0.25) is 4.90 Å². The molecule has 1 aliphatic rings. The fraction of sp³-hybridized carbons (Fsp3) is 0.500. The third kappa shape index (κ3) is 2.93. The molecule has 1 aliphatic heterocycles. The summed E-state index contributed by atoms with van der Waals surface area (Å²) < 4.78 is 12.9. The van der Waals surface area contributed by atoms with Crippen molar-refractivity contribution >= 4 is 11.6 Å². The Balaban J connectivity index is 1.92. The van der Waals surface area contributed by atoms with E-state index in [4.69, 9.17) is 11.6 Å². The standard InChI is InChI=1S/C12H15ClFN/c13-7-11-4-5-15(9-11)8-10-2-1-3-12(14)6-10/h1-3,6,11H,4-5,7-9H2. The van der Waals surface area contributed by atoms with Crippen molar-refractivity contribution in [2.75, 3.05) is 19.0 Å². The molecular weight excluding hydrogens is 213 g/mol. The van der Waals surface area contributed by atoms with Crippen LogP contribution in [0.15, 0.2) is 24.3 Å². The quantitative estimate of drug-likeness (QED) is 0.718. The van der Waals surface area contributed by atoms with Gasteiger partial charge in [0.15, 0.2) is 0 Å². The molecule has 3 heteroatoms. The summed E-state index contributed by atoms with van der Waals surface area (Å²) in [5.74, 6) is 1.19. The third-order valence-electron chi connectivity index (χ3n) is 2.88. The number of rotatable bonds is 3. The monoisotopic (exact) mass is 227 g/mol. The van der Waals surface area contributed by atoms with Crippen molar-refractivity contribution in [3.8, 4) is 0 Å². The van der Waals surface area contributed by atoms with E-state index in [0.29, 0.717) is 5.92 Å². The molecule has 2 rings (SSSR count). The summed E-state index contributed by atoms with van der Waals surface area (Å²) in [4.78, 5) is 2.34. The fourth-order valence-corrected chi connectivity index (χ4v) is 2.33. The largest absolute Gasteiger partial charge is 0.299 e. The summed E-state index contributed by atoms with van der Waals surface area (Å²) in [7, 11) is 0. The molecule has 1 nitrogen and oxygen atoms in total. The van der Waals surface area contributed by atoms with Crippen LogP contribution in [0.25, 0.3) is 0 Å². The summed E-state index contributed by atoms with van der Waals surface area (Å²) in [5, 5.41) is 0. The number of nitrogens with zero attached hydrogens (tertiary/aromatic N) is 1. The molecule has 0 aliphatic carbocycles. The molecule has 1 fully saturated rings. The average Bonchev–Trinajstić information content (AvgIpc) is 2.65. The minimum Gasteiger partial charge on any atom is -0.299 e. The zero-order chi connectivity index (χ0) is 10.7. The molecule has 0 saturated carbocycles. The molecule has 1 atom stereocenters. The highest BCUT2D eigenvalue weighted by Gasteiger charge is 2.21. The van der Waals surface area contributed by atoms with Crippen LogP contribution in [0.3, 0.4) is 0 Å². The van der Waals surface area contributed by atoms with E-state index in [1.807, 2.05) is 6.07 Å². The summed E-state index contributed by atoms with van der Waals surface area (Å²) in [6.07, 6.45) is 1.17. The molecule has 1 heterocycles. The van der Waals surface area contributed by atoms with Crippen molar-refractivity contribution in [3.05, 3.63) is 35.6 Å². The Morgan fingerprint density at radius 3 is 3.00 bits per heavy atom. The van der Waals surface area contributed by atoms with Crippen LogP contribution < -0.4 is 0 Å². The minimum atomic E-state index is -0.152. The van der Waals surface area contributed by atoms with Crippen LogP contribution in [-0.2, 0) is 6.54 Å². The van der Waals surface area contributed by atoms with Crippen molar-refractivity contribution in [2.24, 2.45) is 5.92 Å². The van der Waals surface area contributed by atoms with Gasteiger partial charge in [0.1, 0.15) is 5.82 Å². The highest BCUT2D eigenvalue weighted by Crippen LogP contribution is 2.19. The normalized spacial score (nSPS) is 22.1. The van der Waals surface area contributed by atoms with Crippen LogP contribution in [0.5, 0.6) is 0 Å². The van der Waals surface area contributed by atoms with Crippen molar-refractivity contribution in [1.29, 1.82) is 0 Å². The van der Waals surface area contributed by atoms with E-state index >= 15 is 0 Å². The molecule has 0 radical (unpaired) electrons. The van der Waals surface area contributed by atoms with E-state index in [2.05, 4.69) is 4.90 Å². The molecular formula is C12H15ClFN. The lowest BCUT2D eigenvalue weighted by Crippen LogP contribution is -2.20. The SMILES string of the molecule is Fc1cccc(CN2CCC(CCl)C2)c1. The van der Waals surface area contributed by atoms with E-state index in [-0.39, 0.29) is 5.82 Å². The second kappa shape index (κ2) is 4.95. The maximum absolute atomic E-state index is 12.9. The van der Waals surface area contributed by atoms with Gasteiger partial charge in [-0.25, -0.2) is 4.39 Å². The predicted molar refractivity (Wildman–Crippen MR) is 60.5 cm³/mol. The second-order valence-electron chi connectivity index (χ2n) is 4.17. The number of alkyl halides is 1. The second-order valence-corrected chi connectivity index (χ2v) is 4.48. The van der Waals surface area contributed by atoms with Crippen molar-refractivity contribution < 1.29 is 4.39 Å². The molecule has 0 spiro atoms. The Bertz CT molecular complexity index is 329. The van der Waals surface area contributed by atoms with Gasteiger partial charge < -0.3 is 0 Å². The maximum Gasteiger partial charge on any atom is 0.123 e. The molecule has 82 valence electrons. The molecule has 1 aromatic rings. The summed E-state index contributed by atoms with van der Waals surface area (Å²) in [6.45, 7) is 2.96. The first-order chi connectivity index (χ1) is 7.28. The van der Waals surface area contributed by atoms with Crippen molar-refractivity contribution in [2.45, 2.75) is 13.0 Å². The van der Waals surface area contributed by atoms with Gasteiger partial charge in [0, 0.05) is 19.0 Å². The van der Waals surface area contributed by atoms with E-state index < -0.39 is 0 Å². The first kappa shape index (κ1) is 10.9. The van der Waals surface area contributed by atoms with Crippen LogP contribution in [0.2, 0.25) is 0 Å². The summed E-state index contributed by atoms with van der Waals surface area (Å²) >= 11 is 5.81. The number of likely N-dealkylation sites (tertiary alicyclic amines) is 1. The maximum atomic E-state index is 12.9. The highest BCUT2D eigenvalue weighted by molar-refractivity contribution is 6.18. The molecule has 0 aromatic heterocycles. The smallest absolute Gasteiger partial charge is 0.123 e. The molecule has 0 N–H and O–H groups in total. The van der Waals surface area contributed by atoms with Gasteiger partial charge in [0.25, 0.3) is 0 Å². The lowest BCUT2D eigenvalue weighted by atomic mass is 10.2. The zero-order valence-corrected chi connectivity index (χ0v) is 9.38. The topological polar surface area (TPSA) is 3.24 Å². The third-order valence-corrected chi connectivity index (χ3v) is 3.32. The van der Waals surface area contributed by atoms with E-state index in [1.54, 1.807) is 12.1 Å². The zero-order valence-electron chi connectivity index (χ0n) is 8.63. The van der Waals surface area contributed by atoms with Gasteiger partial charge in [0.05, 0.1) is 0 Å². The van der Waals surface area contributed by atoms with Crippen LogP contribution in [0, 0.1) is 11.7 Å². The minimum absolute atomic E-state index is 0.152. The molecule has 1 saturated heterocycles. The fourth-order valence-electron chi connectivity index (χ4n) is 2.08. The van der Waals surface area contributed by atoms with Gasteiger partial charge >= 0.3 is 0 Å². The van der Waals surface area contributed by atoms with Crippen LogP contribution >= 0.6 is 11.6 Å². The summed E-state index contributed by atoms with van der Waals surface area (Å²) in [6, 6.07) is 6.82. The summed E-state index contributed by atoms with van der Waals surface area (Å²) in [5.41, 5.74) is 1.05. The Hall–Kier alpha value is -0.600.